The van der Waals surface area contributed by atoms with Crippen molar-refractivity contribution in [1.82, 2.24) is 14.5 Å². The van der Waals surface area contributed by atoms with Crippen molar-refractivity contribution in [3.05, 3.63) is 104 Å². The lowest BCUT2D eigenvalue weighted by atomic mass is 10.1. The van der Waals surface area contributed by atoms with Crippen LogP contribution in [0.5, 0.6) is 0 Å². The predicted octanol–water partition coefficient (Wildman–Crippen LogP) is 1.70. The molecule has 2 N–H and O–H groups in total. The summed E-state index contributed by atoms with van der Waals surface area (Å²) in [5, 5.41) is 12.0. The van der Waals surface area contributed by atoms with Crippen LogP contribution in [-0.4, -0.2) is 26.8 Å². The van der Waals surface area contributed by atoms with E-state index in [1.54, 1.807) is 0 Å². The highest BCUT2D eigenvalue weighted by atomic mass is 35.5. The number of halogens is 2. The second kappa shape index (κ2) is 9.51. The topological polar surface area (TPSA) is 93.3 Å². The Labute approximate surface area is 176 Å². The van der Waals surface area contributed by atoms with Gasteiger partial charge in [0.05, 0.1) is 24.2 Å². The van der Waals surface area contributed by atoms with Crippen LogP contribution >= 0.6 is 11.6 Å². The highest BCUT2D eigenvalue weighted by Crippen LogP contribution is 2.20. The number of aromatic nitrogens is 2. The summed E-state index contributed by atoms with van der Waals surface area (Å²) in [6, 6.07) is 13.4. The molecule has 0 saturated carbocycles. The smallest absolute Gasteiger partial charge is 0.331 e. The molecule has 3 aromatic rings. The first-order valence-corrected chi connectivity index (χ1v) is 9.46. The fourth-order valence-electron chi connectivity index (χ4n) is 2.95. The van der Waals surface area contributed by atoms with Gasteiger partial charge in [-0.1, -0.05) is 48.0 Å². The number of benzene rings is 2. The SMILES string of the molecule is O=C(Cn1c(=O)ccn(Cc2ccccc2)c1=O)NC(CO)c1ccc(Cl)c(F)c1. The average molecular weight is 432 g/mol. The number of nitrogens with zero attached hydrogens (tertiary/aromatic N) is 2. The molecule has 1 amide bonds. The molecule has 156 valence electrons. The minimum Gasteiger partial charge on any atom is -0.394 e. The van der Waals surface area contributed by atoms with Gasteiger partial charge in [0.2, 0.25) is 5.91 Å². The zero-order chi connectivity index (χ0) is 21.7. The lowest BCUT2D eigenvalue weighted by Gasteiger charge is -2.17. The van der Waals surface area contributed by atoms with Gasteiger partial charge in [0.15, 0.2) is 0 Å². The number of hydrogen-bond acceptors (Lipinski definition) is 4. The standard InChI is InChI=1S/C21H19ClFN3O4/c22-16-7-6-15(10-17(16)23)18(13-27)24-19(28)12-26-20(29)8-9-25(21(26)30)11-14-4-2-1-3-5-14/h1-10,18,27H,11-13H2,(H,24,28). The molecule has 0 bridgehead atoms. The summed E-state index contributed by atoms with van der Waals surface area (Å²) < 4.78 is 15.8. The maximum Gasteiger partial charge on any atom is 0.331 e. The fourth-order valence-corrected chi connectivity index (χ4v) is 3.07. The molecule has 30 heavy (non-hydrogen) atoms. The lowest BCUT2D eigenvalue weighted by molar-refractivity contribution is -0.122. The van der Waals surface area contributed by atoms with Crippen LogP contribution in [0, 0.1) is 5.82 Å². The summed E-state index contributed by atoms with van der Waals surface area (Å²) in [7, 11) is 0. The third kappa shape index (κ3) is 5.03. The van der Waals surface area contributed by atoms with Gasteiger partial charge in [0.1, 0.15) is 12.4 Å². The van der Waals surface area contributed by atoms with Crippen LogP contribution in [-0.2, 0) is 17.9 Å². The molecule has 0 saturated heterocycles. The summed E-state index contributed by atoms with van der Waals surface area (Å²) >= 11 is 5.65. The molecule has 7 nitrogen and oxygen atoms in total. The molecule has 2 aromatic carbocycles. The van der Waals surface area contributed by atoms with E-state index in [2.05, 4.69) is 5.32 Å². The molecular weight excluding hydrogens is 413 g/mol. The molecule has 0 fully saturated rings. The van der Waals surface area contributed by atoms with E-state index in [1.807, 2.05) is 30.3 Å². The van der Waals surface area contributed by atoms with E-state index in [4.69, 9.17) is 11.6 Å². The Bertz CT molecular complexity index is 1160. The number of hydrogen-bond donors (Lipinski definition) is 2. The minimum absolute atomic E-state index is 0.0865. The molecule has 9 heteroatoms. The summed E-state index contributed by atoms with van der Waals surface area (Å²) in [6.07, 6.45) is 1.37. The molecule has 1 unspecified atom stereocenters. The number of amides is 1. The molecule has 0 aliphatic carbocycles. The first-order valence-electron chi connectivity index (χ1n) is 9.08. The van der Waals surface area contributed by atoms with Crippen molar-refractivity contribution in [2.24, 2.45) is 0 Å². The second-order valence-corrected chi connectivity index (χ2v) is 7.02. The van der Waals surface area contributed by atoms with Gasteiger partial charge in [-0.25, -0.2) is 9.18 Å². The zero-order valence-electron chi connectivity index (χ0n) is 15.8. The molecule has 0 aliphatic heterocycles. The van der Waals surface area contributed by atoms with E-state index in [0.717, 1.165) is 16.2 Å². The Balaban J connectivity index is 1.78. The van der Waals surface area contributed by atoms with Gasteiger partial charge < -0.3 is 10.4 Å². The van der Waals surface area contributed by atoms with E-state index in [9.17, 15) is 23.9 Å². The summed E-state index contributed by atoms with van der Waals surface area (Å²) in [5.41, 5.74) is -0.105. The van der Waals surface area contributed by atoms with Crippen LogP contribution in [0.1, 0.15) is 17.2 Å². The van der Waals surface area contributed by atoms with Crippen molar-refractivity contribution in [2.75, 3.05) is 6.61 Å². The van der Waals surface area contributed by atoms with Gasteiger partial charge in [0.25, 0.3) is 5.56 Å². The fraction of sp³-hybridized carbons (Fsp3) is 0.190. The molecule has 3 rings (SSSR count). The monoisotopic (exact) mass is 431 g/mol. The third-order valence-electron chi connectivity index (χ3n) is 4.50. The third-order valence-corrected chi connectivity index (χ3v) is 4.81. The highest BCUT2D eigenvalue weighted by molar-refractivity contribution is 6.30. The quantitative estimate of drug-likeness (QED) is 0.595. The van der Waals surface area contributed by atoms with Crippen LogP contribution in [0.4, 0.5) is 4.39 Å². The van der Waals surface area contributed by atoms with Gasteiger partial charge >= 0.3 is 5.69 Å². The summed E-state index contributed by atoms with van der Waals surface area (Å²) in [6.45, 7) is -0.806. The Kier molecular flexibility index (Phi) is 6.81. The average Bonchev–Trinajstić information content (AvgIpc) is 2.74. The van der Waals surface area contributed by atoms with Gasteiger partial charge in [0, 0.05) is 12.3 Å². The predicted molar refractivity (Wildman–Crippen MR) is 110 cm³/mol. The van der Waals surface area contributed by atoms with Crippen LogP contribution in [0.3, 0.4) is 0 Å². The van der Waals surface area contributed by atoms with E-state index in [-0.39, 0.29) is 11.6 Å². The Morgan fingerprint density at radius 1 is 1.13 bits per heavy atom. The molecule has 0 spiro atoms. The van der Waals surface area contributed by atoms with Crippen LogP contribution in [0.15, 0.2) is 70.4 Å². The summed E-state index contributed by atoms with van der Waals surface area (Å²) in [4.78, 5) is 37.2. The maximum atomic E-state index is 13.7. The van der Waals surface area contributed by atoms with Crippen molar-refractivity contribution in [2.45, 2.75) is 19.1 Å². The van der Waals surface area contributed by atoms with Crippen LogP contribution < -0.4 is 16.6 Å². The van der Waals surface area contributed by atoms with Gasteiger partial charge in [-0.3, -0.25) is 18.7 Å². The molecule has 1 heterocycles. The number of carbonyl (C=O) groups is 1. The van der Waals surface area contributed by atoms with Crippen LogP contribution in [0.2, 0.25) is 5.02 Å². The lowest BCUT2D eigenvalue weighted by Crippen LogP contribution is -2.44. The zero-order valence-corrected chi connectivity index (χ0v) is 16.6. The van der Waals surface area contributed by atoms with Gasteiger partial charge in [-0.05, 0) is 23.3 Å². The number of aliphatic hydroxyl groups excluding tert-OH is 1. The second-order valence-electron chi connectivity index (χ2n) is 6.61. The van der Waals surface area contributed by atoms with E-state index < -0.39 is 42.2 Å². The van der Waals surface area contributed by atoms with Crippen molar-refractivity contribution in [3.63, 3.8) is 0 Å². The normalized spacial score (nSPS) is 11.8. The molecule has 0 radical (unpaired) electrons. The number of nitrogens with one attached hydrogen (secondary N) is 1. The molecule has 1 aromatic heterocycles. The largest absolute Gasteiger partial charge is 0.394 e. The Morgan fingerprint density at radius 3 is 2.53 bits per heavy atom. The molecule has 1 atom stereocenters. The Morgan fingerprint density at radius 2 is 1.87 bits per heavy atom. The number of rotatable bonds is 7. The van der Waals surface area contributed by atoms with E-state index >= 15 is 0 Å². The minimum atomic E-state index is -0.921. The van der Waals surface area contributed by atoms with Crippen molar-refractivity contribution in [3.8, 4) is 0 Å². The van der Waals surface area contributed by atoms with Crippen LogP contribution in [0.25, 0.3) is 0 Å². The Hall–Kier alpha value is -3.23. The highest BCUT2D eigenvalue weighted by Gasteiger charge is 2.17. The first-order chi connectivity index (χ1) is 14.4. The number of aliphatic hydroxyl groups is 1. The summed E-state index contributed by atoms with van der Waals surface area (Å²) in [5.74, 6) is -1.37. The van der Waals surface area contributed by atoms with Gasteiger partial charge in [-0.2, -0.15) is 0 Å². The number of carbonyl (C=O) groups excluding carboxylic acids is 1. The van der Waals surface area contributed by atoms with Crippen molar-refractivity contribution < 1.29 is 14.3 Å². The van der Waals surface area contributed by atoms with Gasteiger partial charge in [-0.15, -0.1) is 0 Å². The van der Waals surface area contributed by atoms with E-state index in [0.29, 0.717) is 5.56 Å². The molecular formula is C21H19ClFN3O4. The molecule has 0 aliphatic rings. The van der Waals surface area contributed by atoms with Crippen molar-refractivity contribution in [1.29, 1.82) is 0 Å². The van der Waals surface area contributed by atoms with Crippen molar-refractivity contribution >= 4 is 17.5 Å². The van der Waals surface area contributed by atoms with E-state index in [1.165, 1.54) is 29.0 Å². The maximum absolute atomic E-state index is 13.7. The first kappa shape index (κ1) is 21.5.